The van der Waals surface area contributed by atoms with Crippen molar-refractivity contribution in [1.82, 2.24) is 4.90 Å². The molecule has 0 radical (unpaired) electrons. The van der Waals surface area contributed by atoms with Crippen LogP contribution in [0, 0.1) is 11.6 Å². The van der Waals surface area contributed by atoms with Crippen molar-refractivity contribution in [3.05, 3.63) is 35.4 Å². The first-order valence-electron chi connectivity index (χ1n) is 5.61. The van der Waals surface area contributed by atoms with Crippen molar-refractivity contribution < 1.29 is 13.6 Å². The summed E-state index contributed by atoms with van der Waals surface area (Å²) in [6.07, 6.45) is 0.729. The highest BCUT2D eigenvalue weighted by molar-refractivity contribution is 5.76. The quantitative estimate of drug-likeness (QED) is 0.793. The van der Waals surface area contributed by atoms with E-state index in [1.165, 1.54) is 6.07 Å². The number of hydrogen-bond donors (Lipinski definition) is 0. The Kier molecular flexibility index (Phi) is 4.61. The molecule has 0 unspecified atom stereocenters. The fraction of sp³-hybridized carbons (Fsp3) is 0.462. The molecule has 0 heterocycles. The molecule has 4 heteroatoms. The Morgan fingerprint density at radius 3 is 2.47 bits per heavy atom. The van der Waals surface area contributed by atoms with Gasteiger partial charge in [-0.1, -0.05) is 6.07 Å². The van der Waals surface area contributed by atoms with Crippen molar-refractivity contribution in [1.29, 1.82) is 0 Å². The van der Waals surface area contributed by atoms with Crippen LogP contribution in [0.3, 0.4) is 0 Å². The number of rotatable bonds is 4. The van der Waals surface area contributed by atoms with Gasteiger partial charge >= 0.3 is 0 Å². The van der Waals surface area contributed by atoms with Gasteiger partial charge in [0.15, 0.2) is 11.6 Å². The zero-order chi connectivity index (χ0) is 13.0. The number of nitrogens with zero attached hydrogens (tertiary/aromatic N) is 1. The number of carbonyl (C=O) groups is 1. The number of halogens is 2. The Morgan fingerprint density at radius 2 is 1.94 bits per heavy atom. The smallest absolute Gasteiger partial charge is 0.222 e. The number of amides is 1. The van der Waals surface area contributed by atoms with Crippen LogP contribution in [0.15, 0.2) is 18.2 Å². The number of benzene rings is 1. The first-order chi connectivity index (χ1) is 7.91. The van der Waals surface area contributed by atoms with E-state index in [2.05, 4.69) is 0 Å². The Balaban J connectivity index is 2.56. The number of aryl methyl sites for hydroxylation is 1. The average molecular weight is 241 g/mol. The summed E-state index contributed by atoms with van der Waals surface area (Å²) in [6, 6.07) is 3.87. The van der Waals surface area contributed by atoms with E-state index in [-0.39, 0.29) is 11.9 Å². The topological polar surface area (TPSA) is 20.3 Å². The molecule has 1 amide bonds. The van der Waals surface area contributed by atoms with Crippen molar-refractivity contribution in [2.24, 2.45) is 0 Å². The third-order valence-electron chi connectivity index (χ3n) is 2.78. The van der Waals surface area contributed by atoms with E-state index >= 15 is 0 Å². The van der Waals surface area contributed by atoms with Crippen LogP contribution in [-0.2, 0) is 11.2 Å². The summed E-state index contributed by atoms with van der Waals surface area (Å²) in [5.74, 6) is -1.73. The molecule has 0 saturated carbocycles. The minimum Gasteiger partial charge on any atom is -0.343 e. The first kappa shape index (κ1) is 13.6. The Hall–Kier alpha value is -1.45. The highest BCUT2D eigenvalue weighted by atomic mass is 19.2. The van der Waals surface area contributed by atoms with E-state index in [0.29, 0.717) is 18.4 Å². The lowest BCUT2D eigenvalue weighted by atomic mass is 10.1. The third kappa shape index (κ3) is 3.80. The molecule has 1 rings (SSSR count). The normalized spacial score (nSPS) is 10.7. The number of carbonyl (C=O) groups excluding carboxylic acids is 1. The molecule has 0 fully saturated rings. The molecule has 94 valence electrons. The SMILES string of the molecule is CC(C)N(C)C(=O)CCc1ccc(F)c(F)c1. The van der Waals surface area contributed by atoms with Gasteiger partial charge in [-0.2, -0.15) is 0 Å². The maximum Gasteiger partial charge on any atom is 0.222 e. The van der Waals surface area contributed by atoms with Gasteiger partial charge in [-0.25, -0.2) is 8.78 Å². The van der Waals surface area contributed by atoms with E-state index in [1.807, 2.05) is 13.8 Å². The molecule has 1 aromatic rings. The van der Waals surface area contributed by atoms with E-state index in [9.17, 15) is 13.6 Å². The largest absolute Gasteiger partial charge is 0.343 e. The standard InChI is InChI=1S/C13H17F2NO/c1-9(2)16(3)13(17)7-5-10-4-6-11(14)12(15)8-10/h4,6,8-9H,5,7H2,1-3H3. The second kappa shape index (κ2) is 5.75. The monoisotopic (exact) mass is 241 g/mol. The summed E-state index contributed by atoms with van der Waals surface area (Å²) in [7, 11) is 1.73. The van der Waals surface area contributed by atoms with Crippen molar-refractivity contribution in [2.45, 2.75) is 32.7 Å². The minimum absolute atomic E-state index is 0.00438. The van der Waals surface area contributed by atoms with Crippen LogP contribution >= 0.6 is 0 Å². The Bertz CT molecular complexity index is 404. The van der Waals surface area contributed by atoms with E-state index in [1.54, 1.807) is 11.9 Å². The molecular weight excluding hydrogens is 224 g/mol. The third-order valence-corrected chi connectivity index (χ3v) is 2.78. The predicted octanol–water partition coefficient (Wildman–Crippen LogP) is 2.76. The zero-order valence-electron chi connectivity index (χ0n) is 10.3. The lowest BCUT2D eigenvalue weighted by Crippen LogP contribution is -2.33. The molecule has 0 bridgehead atoms. The van der Waals surface area contributed by atoms with Crippen molar-refractivity contribution >= 4 is 5.91 Å². The second-order valence-electron chi connectivity index (χ2n) is 4.35. The van der Waals surface area contributed by atoms with Crippen LogP contribution in [0.5, 0.6) is 0 Å². The highest BCUT2D eigenvalue weighted by Gasteiger charge is 2.12. The van der Waals surface area contributed by atoms with E-state index in [0.717, 1.165) is 12.1 Å². The number of hydrogen-bond acceptors (Lipinski definition) is 1. The molecular formula is C13H17F2NO. The summed E-state index contributed by atoms with van der Waals surface area (Å²) < 4.78 is 25.6. The molecule has 0 saturated heterocycles. The molecule has 1 aromatic carbocycles. The van der Waals surface area contributed by atoms with Crippen LogP contribution in [0.2, 0.25) is 0 Å². The first-order valence-corrected chi connectivity index (χ1v) is 5.61. The molecule has 0 aliphatic heterocycles. The van der Waals surface area contributed by atoms with E-state index in [4.69, 9.17) is 0 Å². The van der Waals surface area contributed by atoms with Gasteiger partial charge in [-0.05, 0) is 38.0 Å². The Morgan fingerprint density at radius 1 is 1.29 bits per heavy atom. The fourth-order valence-corrected chi connectivity index (χ4v) is 1.41. The molecule has 0 N–H and O–H groups in total. The van der Waals surface area contributed by atoms with Crippen molar-refractivity contribution in [3.63, 3.8) is 0 Å². The van der Waals surface area contributed by atoms with Crippen molar-refractivity contribution in [3.8, 4) is 0 Å². The van der Waals surface area contributed by atoms with Crippen LogP contribution in [0.25, 0.3) is 0 Å². The zero-order valence-corrected chi connectivity index (χ0v) is 10.3. The maximum atomic E-state index is 12.9. The van der Waals surface area contributed by atoms with Crippen LogP contribution < -0.4 is 0 Å². The summed E-state index contributed by atoms with van der Waals surface area (Å²) in [6.45, 7) is 3.85. The summed E-state index contributed by atoms with van der Waals surface area (Å²) in [5, 5.41) is 0. The summed E-state index contributed by atoms with van der Waals surface area (Å²) >= 11 is 0. The van der Waals surface area contributed by atoms with Crippen LogP contribution in [0.1, 0.15) is 25.8 Å². The predicted molar refractivity (Wildman–Crippen MR) is 62.6 cm³/mol. The molecule has 0 aliphatic carbocycles. The Labute approximate surface area is 100 Å². The van der Waals surface area contributed by atoms with Gasteiger partial charge in [-0.3, -0.25) is 4.79 Å². The van der Waals surface area contributed by atoms with Gasteiger partial charge in [0.25, 0.3) is 0 Å². The van der Waals surface area contributed by atoms with E-state index < -0.39 is 11.6 Å². The van der Waals surface area contributed by atoms with Gasteiger partial charge in [0.05, 0.1) is 0 Å². The fourth-order valence-electron chi connectivity index (χ4n) is 1.41. The molecule has 2 nitrogen and oxygen atoms in total. The van der Waals surface area contributed by atoms with Crippen LogP contribution in [0.4, 0.5) is 8.78 Å². The van der Waals surface area contributed by atoms with Crippen molar-refractivity contribution in [2.75, 3.05) is 7.05 Å². The summed E-state index contributed by atoms with van der Waals surface area (Å²) in [5.41, 5.74) is 0.634. The lowest BCUT2D eigenvalue weighted by Gasteiger charge is -2.21. The molecule has 0 aliphatic rings. The van der Waals surface area contributed by atoms with Crippen LogP contribution in [-0.4, -0.2) is 23.9 Å². The highest BCUT2D eigenvalue weighted by Crippen LogP contribution is 2.11. The van der Waals surface area contributed by atoms with Gasteiger partial charge in [0.1, 0.15) is 0 Å². The lowest BCUT2D eigenvalue weighted by molar-refractivity contribution is -0.131. The molecule has 17 heavy (non-hydrogen) atoms. The summed E-state index contributed by atoms with van der Waals surface area (Å²) in [4.78, 5) is 13.3. The molecule has 0 atom stereocenters. The van der Waals surface area contributed by atoms with Gasteiger partial charge in [0.2, 0.25) is 5.91 Å². The average Bonchev–Trinajstić information content (AvgIpc) is 2.29. The second-order valence-corrected chi connectivity index (χ2v) is 4.35. The maximum absolute atomic E-state index is 12.9. The molecule has 0 aromatic heterocycles. The van der Waals surface area contributed by atoms with Gasteiger partial charge < -0.3 is 4.90 Å². The molecule has 0 spiro atoms. The van der Waals surface area contributed by atoms with Gasteiger partial charge in [-0.15, -0.1) is 0 Å². The minimum atomic E-state index is -0.868. The van der Waals surface area contributed by atoms with Gasteiger partial charge in [0, 0.05) is 19.5 Å².